The minimum Gasteiger partial charge on any atom is -0.459 e. The number of hydrogen-bond acceptors (Lipinski definition) is 3. The molecule has 1 atom stereocenters. The molecule has 0 saturated carbocycles. The maximum absolute atomic E-state index is 12.2. The van der Waals surface area contributed by atoms with Crippen LogP contribution in [0.15, 0.2) is 41.6 Å². The standard InChI is InChI=1S/C15H18N2O3/c1-9(2)20-14(18)12-10(3)16-15(19)17-13(12)11-7-5-4-6-8-11/h4-9,13H,1-3H3,(H2,16,17,19)/t13-/m1/s1. The fourth-order valence-electron chi connectivity index (χ4n) is 2.14. The number of ether oxygens (including phenoxy) is 1. The number of amides is 2. The van der Waals surface area contributed by atoms with Crippen molar-refractivity contribution in [1.29, 1.82) is 0 Å². The smallest absolute Gasteiger partial charge is 0.338 e. The summed E-state index contributed by atoms with van der Waals surface area (Å²) in [7, 11) is 0. The Hall–Kier alpha value is -2.30. The van der Waals surface area contributed by atoms with Crippen LogP contribution in [0.25, 0.3) is 0 Å². The highest BCUT2D eigenvalue weighted by Gasteiger charge is 2.32. The van der Waals surface area contributed by atoms with E-state index >= 15 is 0 Å². The second-order valence-corrected chi connectivity index (χ2v) is 4.93. The van der Waals surface area contributed by atoms with Crippen LogP contribution in [-0.2, 0) is 9.53 Å². The molecular weight excluding hydrogens is 256 g/mol. The quantitative estimate of drug-likeness (QED) is 0.831. The Balaban J connectivity index is 2.39. The molecule has 1 aromatic carbocycles. The van der Waals surface area contributed by atoms with Gasteiger partial charge in [0.05, 0.1) is 17.7 Å². The molecule has 0 fully saturated rings. The summed E-state index contributed by atoms with van der Waals surface area (Å²) in [6.45, 7) is 5.28. The number of rotatable bonds is 3. The summed E-state index contributed by atoms with van der Waals surface area (Å²) < 4.78 is 5.26. The molecule has 0 aromatic heterocycles. The average Bonchev–Trinajstić information content (AvgIpc) is 2.37. The van der Waals surface area contributed by atoms with Crippen LogP contribution in [-0.4, -0.2) is 18.1 Å². The third-order valence-electron chi connectivity index (χ3n) is 2.96. The topological polar surface area (TPSA) is 67.4 Å². The highest BCUT2D eigenvalue weighted by atomic mass is 16.5. The Morgan fingerprint density at radius 2 is 1.90 bits per heavy atom. The highest BCUT2D eigenvalue weighted by Crippen LogP contribution is 2.27. The summed E-state index contributed by atoms with van der Waals surface area (Å²) in [5, 5.41) is 5.37. The molecule has 2 N–H and O–H groups in total. The van der Waals surface area contributed by atoms with E-state index in [0.717, 1.165) is 5.56 Å². The normalized spacial score (nSPS) is 18.6. The molecule has 0 radical (unpaired) electrons. The van der Waals surface area contributed by atoms with Crippen molar-refractivity contribution in [1.82, 2.24) is 10.6 Å². The lowest BCUT2D eigenvalue weighted by Crippen LogP contribution is -2.45. The van der Waals surface area contributed by atoms with Crippen LogP contribution in [0.4, 0.5) is 4.79 Å². The fraction of sp³-hybridized carbons (Fsp3) is 0.333. The molecule has 1 aliphatic heterocycles. The first-order valence-corrected chi connectivity index (χ1v) is 6.53. The molecule has 106 valence electrons. The van der Waals surface area contributed by atoms with Crippen LogP contribution in [0.3, 0.4) is 0 Å². The molecule has 5 nitrogen and oxygen atoms in total. The van der Waals surface area contributed by atoms with Gasteiger partial charge in [-0.1, -0.05) is 30.3 Å². The van der Waals surface area contributed by atoms with Gasteiger partial charge in [-0.2, -0.15) is 0 Å². The van der Waals surface area contributed by atoms with Crippen LogP contribution in [0.5, 0.6) is 0 Å². The Labute approximate surface area is 118 Å². The zero-order chi connectivity index (χ0) is 14.7. The lowest BCUT2D eigenvalue weighted by molar-refractivity contribution is -0.143. The molecule has 20 heavy (non-hydrogen) atoms. The lowest BCUT2D eigenvalue weighted by Gasteiger charge is -2.28. The van der Waals surface area contributed by atoms with Gasteiger partial charge < -0.3 is 15.4 Å². The minimum atomic E-state index is -0.490. The number of hydrogen-bond donors (Lipinski definition) is 2. The van der Waals surface area contributed by atoms with Gasteiger partial charge in [-0.15, -0.1) is 0 Å². The predicted molar refractivity (Wildman–Crippen MR) is 74.8 cm³/mol. The monoisotopic (exact) mass is 274 g/mol. The van der Waals surface area contributed by atoms with Crippen LogP contribution in [0.1, 0.15) is 32.4 Å². The van der Waals surface area contributed by atoms with E-state index in [1.807, 2.05) is 30.3 Å². The van der Waals surface area contributed by atoms with Crippen molar-refractivity contribution in [3.05, 3.63) is 47.2 Å². The zero-order valence-corrected chi connectivity index (χ0v) is 11.8. The van der Waals surface area contributed by atoms with Gasteiger partial charge in [-0.3, -0.25) is 0 Å². The molecule has 0 unspecified atom stereocenters. The van der Waals surface area contributed by atoms with Gasteiger partial charge in [0.2, 0.25) is 0 Å². The molecule has 1 aliphatic rings. The molecule has 2 amide bonds. The molecule has 2 rings (SSSR count). The van der Waals surface area contributed by atoms with Crippen molar-refractivity contribution in [2.75, 3.05) is 0 Å². The first-order valence-electron chi connectivity index (χ1n) is 6.53. The Morgan fingerprint density at radius 3 is 2.50 bits per heavy atom. The average molecular weight is 274 g/mol. The maximum atomic E-state index is 12.2. The Bertz CT molecular complexity index is 549. The zero-order valence-electron chi connectivity index (χ0n) is 11.8. The SMILES string of the molecule is CC1=C(C(=O)OC(C)C)[C@@H](c2ccccc2)NC(=O)N1. The van der Waals surface area contributed by atoms with Crippen molar-refractivity contribution in [2.24, 2.45) is 0 Å². The number of urea groups is 1. The van der Waals surface area contributed by atoms with Crippen molar-refractivity contribution in [3.63, 3.8) is 0 Å². The molecule has 0 aliphatic carbocycles. The molecular formula is C15H18N2O3. The first-order chi connectivity index (χ1) is 9.49. The summed E-state index contributed by atoms with van der Waals surface area (Å²) in [5.74, 6) is -0.418. The van der Waals surface area contributed by atoms with Gasteiger partial charge in [0.1, 0.15) is 0 Å². The van der Waals surface area contributed by atoms with Gasteiger partial charge in [0.25, 0.3) is 0 Å². The van der Waals surface area contributed by atoms with Crippen molar-refractivity contribution in [3.8, 4) is 0 Å². The van der Waals surface area contributed by atoms with Crippen molar-refractivity contribution < 1.29 is 14.3 Å². The molecule has 0 spiro atoms. The number of carbonyl (C=O) groups excluding carboxylic acids is 2. The van der Waals surface area contributed by atoms with E-state index in [4.69, 9.17) is 4.74 Å². The number of esters is 1. The second-order valence-electron chi connectivity index (χ2n) is 4.93. The molecule has 5 heteroatoms. The number of carbonyl (C=O) groups is 2. The highest BCUT2D eigenvalue weighted by molar-refractivity contribution is 5.95. The van der Waals surface area contributed by atoms with Gasteiger partial charge in [0, 0.05) is 5.70 Å². The van der Waals surface area contributed by atoms with Gasteiger partial charge in [-0.25, -0.2) is 9.59 Å². The first kappa shape index (κ1) is 14.1. The summed E-state index contributed by atoms with van der Waals surface area (Å²) in [4.78, 5) is 23.9. The second kappa shape index (κ2) is 5.77. The molecule has 1 aromatic rings. The van der Waals surface area contributed by atoms with E-state index in [1.54, 1.807) is 20.8 Å². The largest absolute Gasteiger partial charge is 0.459 e. The van der Waals surface area contributed by atoms with E-state index in [0.29, 0.717) is 11.3 Å². The number of nitrogens with one attached hydrogen (secondary N) is 2. The summed E-state index contributed by atoms with van der Waals surface area (Å²) in [6, 6.07) is 8.54. The Kier molecular flexibility index (Phi) is 4.08. The van der Waals surface area contributed by atoms with Crippen molar-refractivity contribution in [2.45, 2.75) is 32.9 Å². The summed E-state index contributed by atoms with van der Waals surface area (Å²) >= 11 is 0. The Morgan fingerprint density at radius 1 is 1.25 bits per heavy atom. The van der Waals surface area contributed by atoms with E-state index < -0.39 is 12.0 Å². The van der Waals surface area contributed by atoms with E-state index in [-0.39, 0.29) is 12.1 Å². The lowest BCUT2D eigenvalue weighted by atomic mass is 9.95. The third kappa shape index (κ3) is 2.99. The van der Waals surface area contributed by atoms with Crippen molar-refractivity contribution >= 4 is 12.0 Å². The van der Waals surface area contributed by atoms with Crippen LogP contribution in [0, 0.1) is 0 Å². The summed E-state index contributed by atoms with van der Waals surface area (Å²) in [5.41, 5.74) is 1.80. The summed E-state index contributed by atoms with van der Waals surface area (Å²) in [6.07, 6.45) is -0.211. The van der Waals surface area contributed by atoms with E-state index in [2.05, 4.69) is 10.6 Å². The van der Waals surface area contributed by atoms with Crippen LogP contribution < -0.4 is 10.6 Å². The molecule has 0 saturated heterocycles. The number of benzene rings is 1. The van der Waals surface area contributed by atoms with Gasteiger partial charge in [-0.05, 0) is 26.3 Å². The van der Waals surface area contributed by atoms with Gasteiger partial charge >= 0.3 is 12.0 Å². The molecule has 1 heterocycles. The van der Waals surface area contributed by atoms with E-state index in [9.17, 15) is 9.59 Å². The third-order valence-corrected chi connectivity index (χ3v) is 2.96. The fourth-order valence-corrected chi connectivity index (χ4v) is 2.14. The van der Waals surface area contributed by atoms with Crippen LogP contribution in [0.2, 0.25) is 0 Å². The minimum absolute atomic E-state index is 0.211. The maximum Gasteiger partial charge on any atom is 0.338 e. The van der Waals surface area contributed by atoms with Gasteiger partial charge in [0.15, 0.2) is 0 Å². The number of allylic oxidation sites excluding steroid dienone is 1. The predicted octanol–water partition coefficient (Wildman–Crippen LogP) is 2.27. The van der Waals surface area contributed by atoms with Crippen LogP contribution >= 0.6 is 0 Å². The molecule has 0 bridgehead atoms. The van der Waals surface area contributed by atoms with E-state index in [1.165, 1.54) is 0 Å².